The average Bonchev–Trinajstić information content (AvgIpc) is 1.84. The molecule has 0 aromatic carbocycles. The summed E-state index contributed by atoms with van der Waals surface area (Å²) in [7, 11) is 2.16. The van der Waals surface area contributed by atoms with Crippen LogP contribution in [0.1, 0.15) is 19.8 Å². The second kappa shape index (κ2) is 2.89. The van der Waals surface area contributed by atoms with E-state index in [1.807, 2.05) is 0 Å². The third-order valence-electron chi connectivity index (χ3n) is 2.42. The number of rotatable bonds is 3. The normalized spacial score (nSPS) is 24.3. The molecule has 1 aliphatic rings. The maximum atomic E-state index is 5.69. The van der Waals surface area contributed by atoms with Gasteiger partial charge in [0.15, 0.2) is 0 Å². The smallest absolute Gasteiger partial charge is 0.00797 e. The molecule has 2 N–H and O–H groups in total. The van der Waals surface area contributed by atoms with Crippen LogP contribution >= 0.6 is 0 Å². The summed E-state index contributed by atoms with van der Waals surface area (Å²) < 4.78 is 0. The van der Waals surface area contributed by atoms with Crippen molar-refractivity contribution in [3.63, 3.8) is 0 Å². The van der Waals surface area contributed by atoms with Crippen molar-refractivity contribution in [2.24, 2.45) is 11.1 Å². The predicted octanol–water partition coefficient (Wildman–Crippen LogP) is 0.677. The number of nitrogens with two attached hydrogens (primary N) is 1. The maximum absolute atomic E-state index is 5.69. The van der Waals surface area contributed by atoms with E-state index in [0.29, 0.717) is 5.41 Å². The van der Waals surface area contributed by atoms with Crippen molar-refractivity contribution in [1.29, 1.82) is 0 Å². The fourth-order valence-electron chi connectivity index (χ4n) is 2.02. The van der Waals surface area contributed by atoms with E-state index < -0.39 is 0 Å². The minimum Gasteiger partial charge on any atom is -0.330 e. The molecule has 0 unspecified atom stereocenters. The van der Waals surface area contributed by atoms with Gasteiger partial charge in [0.05, 0.1) is 0 Å². The highest BCUT2D eigenvalue weighted by molar-refractivity contribution is 4.93. The van der Waals surface area contributed by atoms with Crippen LogP contribution in [0.2, 0.25) is 0 Å². The third kappa shape index (κ3) is 1.32. The summed E-state index contributed by atoms with van der Waals surface area (Å²) in [4.78, 5) is 2.34. The van der Waals surface area contributed by atoms with Crippen LogP contribution in [-0.2, 0) is 0 Å². The number of hydrogen-bond donors (Lipinski definition) is 1. The molecule has 1 aliphatic heterocycles. The first-order valence-electron chi connectivity index (χ1n) is 4.11. The van der Waals surface area contributed by atoms with Gasteiger partial charge in [-0.15, -0.1) is 0 Å². The molecule has 60 valence electrons. The van der Waals surface area contributed by atoms with Crippen molar-refractivity contribution in [3.8, 4) is 0 Å². The van der Waals surface area contributed by atoms with E-state index in [9.17, 15) is 0 Å². The van der Waals surface area contributed by atoms with Gasteiger partial charge < -0.3 is 10.6 Å². The molecule has 0 bridgehead atoms. The fourth-order valence-corrected chi connectivity index (χ4v) is 2.02. The van der Waals surface area contributed by atoms with E-state index in [0.717, 1.165) is 6.54 Å². The van der Waals surface area contributed by atoms with E-state index in [1.165, 1.54) is 25.9 Å². The van der Waals surface area contributed by atoms with Crippen LogP contribution in [0, 0.1) is 5.41 Å². The Hall–Kier alpha value is -0.0800. The molecule has 0 aromatic heterocycles. The Morgan fingerprint density at radius 2 is 2.10 bits per heavy atom. The van der Waals surface area contributed by atoms with Crippen molar-refractivity contribution < 1.29 is 0 Å². The van der Waals surface area contributed by atoms with Crippen LogP contribution in [-0.4, -0.2) is 31.6 Å². The topological polar surface area (TPSA) is 29.3 Å². The summed E-state index contributed by atoms with van der Waals surface area (Å²) in [5.74, 6) is 0. The fraction of sp³-hybridized carbons (Fsp3) is 1.00. The number of nitrogens with zero attached hydrogens (tertiary/aromatic N) is 1. The van der Waals surface area contributed by atoms with Crippen molar-refractivity contribution in [2.75, 3.05) is 26.7 Å². The van der Waals surface area contributed by atoms with Crippen LogP contribution < -0.4 is 5.73 Å². The molecule has 0 spiro atoms. The molecule has 1 fully saturated rings. The lowest BCUT2D eigenvalue weighted by Crippen LogP contribution is -2.57. The summed E-state index contributed by atoms with van der Waals surface area (Å²) in [5.41, 5.74) is 6.18. The summed E-state index contributed by atoms with van der Waals surface area (Å²) in [6.45, 7) is 5.51. The molecule has 2 heteroatoms. The Kier molecular flexibility index (Phi) is 2.32. The second-order valence-corrected chi connectivity index (χ2v) is 3.63. The summed E-state index contributed by atoms with van der Waals surface area (Å²) in [5, 5.41) is 0. The van der Waals surface area contributed by atoms with Crippen molar-refractivity contribution in [1.82, 2.24) is 4.90 Å². The Morgan fingerprint density at radius 1 is 1.50 bits per heavy atom. The highest BCUT2D eigenvalue weighted by Gasteiger charge is 2.38. The number of likely N-dealkylation sites (tertiary alicyclic amines) is 1. The van der Waals surface area contributed by atoms with Gasteiger partial charge in [-0.3, -0.25) is 0 Å². The van der Waals surface area contributed by atoms with Crippen molar-refractivity contribution in [3.05, 3.63) is 0 Å². The number of hydrogen-bond acceptors (Lipinski definition) is 2. The Labute approximate surface area is 63.4 Å². The van der Waals surface area contributed by atoms with E-state index >= 15 is 0 Å². The van der Waals surface area contributed by atoms with Gasteiger partial charge in [0.2, 0.25) is 0 Å². The zero-order chi connectivity index (χ0) is 7.61. The van der Waals surface area contributed by atoms with Gasteiger partial charge in [-0.25, -0.2) is 0 Å². The van der Waals surface area contributed by atoms with Crippen LogP contribution in [0.3, 0.4) is 0 Å². The quantitative estimate of drug-likeness (QED) is 0.628. The molecule has 1 saturated heterocycles. The van der Waals surface area contributed by atoms with E-state index in [2.05, 4.69) is 18.9 Å². The lowest BCUT2D eigenvalue weighted by Gasteiger charge is -2.48. The zero-order valence-corrected chi connectivity index (χ0v) is 7.06. The van der Waals surface area contributed by atoms with Crippen LogP contribution in [0.4, 0.5) is 0 Å². The highest BCUT2D eigenvalue weighted by atomic mass is 15.2. The molecule has 0 atom stereocenters. The van der Waals surface area contributed by atoms with Gasteiger partial charge >= 0.3 is 0 Å². The molecule has 10 heavy (non-hydrogen) atoms. The first-order chi connectivity index (χ1) is 4.72. The van der Waals surface area contributed by atoms with Gasteiger partial charge in [0.25, 0.3) is 0 Å². The van der Waals surface area contributed by atoms with E-state index in [1.54, 1.807) is 0 Å². The maximum Gasteiger partial charge on any atom is 0.00797 e. The molecular weight excluding hydrogens is 124 g/mol. The van der Waals surface area contributed by atoms with Crippen LogP contribution in [0.25, 0.3) is 0 Å². The molecule has 0 radical (unpaired) electrons. The standard InChI is InChI=1S/C8H18N2/c1-3-4-8(5-9)6-10(2)7-8/h3-7,9H2,1-2H3. The molecule has 0 aliphatic carbocycles. The Morgan fingerprint density at radius 3 is 2.40 bits per heavy atom. The van der Waals surface area contributed by atoms with Crippen molar-refractivity contribution in [2.45, 2.75) is 19.8 Å². The molecule has 0 aromatic rings. The minimum absolute atomic E-state index is 0.490. The minimum atomic E-state index is 0.490. The van der Waals surface area contributed by atoms with Gasteiger partial charge in [-0.2, -0.15) is 0 Å². The van der Waals surface area contributed by atoms with Crippen LogP contribution in [0.5, 0.6) is 0 Å². The Bertz CT molecular complexity index is 100. The molecule has 2 nitrogen and oxygen atoms in total. The summed E-state index contributed by atoms with van der Waals surface area (Å²) >= 11 is 0. The lowest BCUT2D eigenvalue weighted by molar-refractivity contribution is 0.0220. The first-order valence-corrected chi connectivity index (χ1v) is 4.11. The third-order valence-corrected chi connectivity index (χ3v) is 2.42. The largest absolute Gasteiger partial charge is 0.330 e. The summed E-state index contributed by atoms with van der Waals surface area (Å²) in [6.07, 6.45) is 2.57. The van der Waals surface area contributed by atoms with E-state index in [4.69, 9.17) is 5.73 Å². The van der Waals surface area contributed by atoms with Gasteiger partial charge in [-0.1, -0.05) is 13.3 Å². The van der Waals surface area contributed by atoms with Gasteiger partial charge in [-0.05, 0) is 13.5 Å². The first kappa shape index (κ1) is 8.02. The average molecular weight is 142 g/mol. The van der Waals surface area contributed by atoms with Crippen LogP contribution in [0.15, 0.2) is 0 Å². The molecular formula is C8H18N2. The molecule has 1 heterocycles. The summed E-state index contributed by atoms with van der Waals surface area (Å²) in [6, 6.07) is 0. The molecule has 1 rings (SSSR count). The molecule has 0 amide bonds. The van der Waals surface area contributed by atoms with E-state index in [-0.39, 0.29) is 0 Å². The van der Waals surface area contributed by atoms with Gasteiger partial charge in [0.1, 0.15) is 0 Å². The lowest BCUT2D eigenvalue weighted by atomic mass is 9.76. The second-order valence-electron chi connectivity index (χ2n) is 3.63. The Balaban J connectivity index is 2.32. The highest BCUT2D eigenvalue weighted by Crippen LogP contribution is 2.32. The predicted molar refractivity (Wildman–Crippen MR) is 43.9 cm³/mol. The SMILES string of the molecule is CCCC1(CN)CN(C)C1. The zero-order valence-electron chi connectivity index (χ0n) is 7.06. The molecule has 0 saturated carbocycles. The van der Waals surface area contributed by atoms with Crippen molar-refractivity contribution >= 4 is 0 Å². The van der Waals surface area contributed by atoms with Gasteiger partial charge in [0, 0.05) is 25.0 Å². The monoisotopic (exact) mass is 142 g/mol.